The number of rotatable bonds is 4. The van der Waals surface area contributed by atoms with Gasteiger partial charge in [-0.3, -0.25) is 9.59 Å². The van der Waals surface area contributed by atoms with Crippen LogP contribution in [0.2, 0.25) is 5.15 Å². The van der Waals surface area contributed by atoms with Crippen LogP contribution in [0.15, 0.2) is 18.3 Å². The van der Waals surface area contributed by atoms with E-state index in [-0.39, 0.29) is 18.5 Å². The maximum atomic E-state index is 12.1. The van der Waals surface area contributed by atoms with E-state index in [0.717, 1.165) is 0 Å². The molecule has 92 valence electrons. The van der Waals surface area contributed by atoms with Gasteiger partial charge in [-0.15, -0.1) is 0 Å². The molecule has 0 bridgehead atoms. The molecule has 0 aliphatic heterocycles. The SMILES string of the molecule is CC(C)N(CC(N)=O)C(=O)c1ccc(Cl)nc1. The molecule has 17 heavy (non-hydrogen) atoms. The maximum absolute atomic E-state index is 12.1. The highest BCUT2D eigenvalue weighted by Crippen LogP contribution is 2.10. The largest absolute Gasteiger partial charge is 0.368 e. The summed E-state index contributed by atoms with van der Waals surface area (Å²) in [4.78, 5) is 28.2. The minimum absolute atomic E-state index is 0.112. The zero-order valence-corrected chi connectivity index (χ0v) is 10.4. The summed E-state index contributed by atoms with van der Waals surface area (Å²) in [6, 6.07) is 2.97. The van der Waals surface area contributed by atoms with E-state index in [4.69, 9.17) is 17.3 Å². The molecule has 0 aromatic carbocycles. The van der Waals surface area contributed by atoms with Gasteiger partial charge in [0.15, 0.2) is 0 Å². The number of hydrogen-bond acceptors (Lipinski definition) is 3. The lowest BCUT2D eigenvalue weighted by atomic mass is 10.2. The molecule has 5 nitrogen and oxygen atoms in total. The van der Waals surface area contributed by atoms with Crippen LogP contribution in [-0.2, 0) is 4.79 Å². The third-order valence-electron chi connectivity index (χ3n) is 2.18. The van der Waals surface area contributed by atoms with Crippen molar-refractivity contribution in [3.05, 3.63) is 29.0 Å². The van der Waals surface area contributed by atoms with Gasteiger partial charge >= 0.3 is 0 Å². The molecule has 0 atom stereocenters. The van der Waals surface area contributed by atoms with Gasteiger partial charge in [0.05, 0.1) is 12.1 Å². The van der Waals surface area contributed by atoms with Crippen LogP contribution in [0.25, 0.3) is 0 Å². The summed E-state index contributed by atoms with van der Waals surface area (Å²) in [7, 11) is 0. The van der Waals surface area contributed by atoms with Crippen molar-refractivity contribution in [2.75, 3.05) is 6.54 Å². The predicted octanol–water partition coefficient (Wildman–Crippen LogP) is 1.07. The Kier molecular flexibility index (Phi) is 4.45. The standard InChI is InChI=1S/C11H14ClN3O2/c1-7(2)15(6-10(13)16)11(17)8-3-4-9(12)14-5-8/h3-5,7H,6H2,1-2H3,(H2,13,16). The van der Waals surface area contributed by atoms with Crippen LogP contribution in [-0.4, -0.2) is 34.3 Å². The van der Waals surface area contributed by atoms with E-state index in [9.17, 15) is 9.59 Å². The van der Waals surface area contributed by atoms with Crippen molar-refractivity contribution in [2.24, 2.45) is 5.73 Å². The Balaban J connectivity index is 2.91. The number of aromatic nitrogens is 1. The first kappa shape index (κ1) is 13.4. The molecule has 1 aromatic heterocycles. The second-order valence-electron chi connectivity index (χ2n) is 3.86. The smallest absolute Gasteiger partial charge is 0.256 e. The first-order valence-corrected chi connectivity index (χ1v) is 5.50. The molecule has 0 saturated heterocycles. The monoisotopic (exact) mass is 255 g/mol. The first-order valence-electron chi connectivity index (χ1n) is 5.12. The van der Waals surface area contributed by atoms with Gasteiger partial charge in [0.2, 0.25) is 5.91 Å². The molecule has 0 unspecified atom stereocenters. The Hall–Kier alpha value is -1.62. The molecule has 0 fully saturated rings. The molecule has 0 aliphatic rings. The molecule has 0 aliphatic carbocycles. The van der Waals surface area contributed by atoms with Crippen molar-refractivity contribution >= 4 is 23.4 Å². The Labute approximate surface area is 105 Å². The summed E-state index contributed by atoms with van der Waals surface area (Å²) >= 11 is 5.63. The van der Waals surface area contributed by atoms with Crippen LogP contribution >= 0.6 is 11.6 Å². The van der Waals surface area contributed by atoms with E-state index in [1.807, 2.05) is 13.8 Å². The molecule has 2 N–H and O–H groups in total. The number of carbonyl (C=O) groups is 2. The zero-order valence-electron chi connectivity index (χ0n) is 9.68. The van der Waals surface area contributed by atoms with Crippen molar-refractivity contribution in [2.45, 2.75) is 19.9 Å². The van der Waals surface area contributed by atoms with Gasteiger partial charge in [0, 0.05) is 12.2 Å². The lowest BCUT2D eigenvalue weighted by Gasteiger charge is -2.25. The summed E-state index contributed by atoms with van der Waals surface area (Å²) in [6.07, 6.45) is 1.38. The molecule has 1 rings (SSSR count). The van der Waals surface area contributed by atoms with Gasteiger partial charge < -0.3 is 10.6 Å². The van der Waals surface area contributed by atoms with Gasteiger partial charge in [0.1, 0.15) is 5.15 Å². The van der Waals surface area contributed by atoms with Gasteiger partial charge in [-0.1, -0.05) is 11.6 Å². The topological polar surface area (TPSA) is 76.3 Å². The van der Waals surface area contributed by atoms with Gasteiger partial charge in [-0.25, -0.2) is 4.98 Å². The molecular formula is C11H14ClN3O2. The third-order valence-corrected chi connectivity index (χ3v) is 2.41. The molecule has 1 aromatic rings. The fourth-order valence-electron chi connectivity index (χ4n) is 1.32. The number of pyridine rings is 1. The highest BCUT2D eigenvalue weighted by atomic mass is 35.5. The lowest BCUT2D eigenvalue weighted by Crippen LogP contribution is -2.42. The van der Waals surface area contributed by atoms with Crippen LogP contribution in [0.4, 0.5) is 0 Å². The van der Waals surface area contributed by atoms with Gasteiger partial charge in [-0.05, 0) is 26.0 Å². The number of halogens is 1. The normalized spacial score (nSPS) is 10.4. The molecule has 0 saturated carbocycles. The molecule has 0 radical (unpaired) electrons. The van der Waals surface area contributed by atoms with E-state index < -0.39 is 5.91 Å². The summed E-state index contributed by atoms with van der Waals surface area (Å²) in [5.41, 5.74) is 5.48. The van der Waals surface area contributed by atoms with Gasteiger partial charge in [0.25, 0.3) is 5.91 Å². The van der Waals surface area contributed by atoms with E-state index in [1.54, 1.807) is 6.07 Å². The lowest BCUT2D eigenvalue weighted by molar-refractivity contribution is -0.119. The van der Waals surface area contributed by atoms with Crippen molar-refractivity contribution in [3.63, 3.8) is 0 Å². The van der Waals surface area contributed by atoms with Crippen molar-refractivity contribution in [1.29, 1.82) is 0 Å². The van der Waals surface area contributed by atoms with E-state index in [2.05, 4.69) is 4.98 Å². The minimum Gasteiger partial charge on any atom is -0.368 e. The highest BCUT2D eigenvalue weighted by Gasteiger charge is 2.20. The second kappa shape index (κ2) is 5.63. The second-order valence-corrected chi connectivity index (χ2v) is 4.25. The molecule has 0 spiro atoms. The quantitative estimate of drug-likeness (QED) is 0.818. The Morgan fingerprint density at radius 1 is 1.47 bits per heavy atom. The third kappa shape index (κ3) is 3.71. The average Bonchev–Trinajstić information content (AvgIpc) is 2.25. The van der Waals surface area contributed by atoms with Gasteiger partial charge in [-0.2, -0.15) is 0 Å². The highest BCUT2D eigenvalue weighted by molar-refractivity contribution is 6.29. The van der Waals surface area contributed by atoms with Crippen LogP contribution in [0.5, 0.6) is 0 Å². The number of carbonyl (C=O) groups excluding carboxylic acids is 2. The maximum Gasteiger partial charge on any atom is 0.256 e. The molecule has 6 heteroatoms. The first-order chi connectivity index (χ1) is 7.91. The van der Waals surface area contributed by atoms with Crippen molar-refractivity contribution in [1.82, 2.24) is 9.88 Å². The molecule has 1 heterocycles. The van der Waals surface area contributed by atoms with Crippen LogP contribution in [0, 0.1) is 0 Å². The molecule has 2 amide bonds. The van der Waals surface area contributed by atoms with E-state index in [1.165, 1.54) is 17.2 Å². The average molecular weight is 256 g/mol. The number of hydrogen-bond donors (Lipinski definition) is 1. The van der Waals surface area contributed by atoms with Crippen LogP contribution in [0.3, 0.4) is 0 Å². The number of nitrogens with zero attached hydrogens (tertiary/aromatic N) is 2. The Bertz CT molecular complexity index is 417. The van der Waals surface area contributed by atoms with E-state index >= 15 is 0 Å². The number of primary amides is 1. The Morgan fingerprint density at radius 3 is 2.53 bits per heavy atom. The Morgan fingerprint density at radius 2 is 2.12 bits per heavy atom. The minimum atomic E-state index is -0.547. The number of amides is 2. The van der Waals surface area contributed by atoms with Crippen molar-refractivity contribution < 1.29 is 9.59 Å². The van der Waals surface area contributed by atoms with Crippen LogP contribution < -0.4 is 5.73 Å². The summed E-state index contributed by atoms with van der Waals surface area (Å²) < 4.78 is 0. The van der Waals surface area contributed by atoms with E-state index in [0.29, 0.717) is 10.7 Å². The zero-order chi connectivity index (χ0) is 13.0. The summed E-state index contributed by atoms with van der Waals surface area (Å²) in [5.74, 6) is -0.836. The fourth-order valence-corrected chi connectivity index (χ4v) is 1.44. The van der Waals surface area contributed by atoms with Crippen molar-refractivity contribution in [3.8, 4) is 0 Å². The fraction of sp³-hybridized carbons (Fsp3) is 0.364. The predicted molar refractivity (Wildman–Crippen MR) is 64.6 cm³/mol. The summed E-state index contributed by atoms with van der Waals surface area (Å²) in [5, 5.41) is 0.313. The summed E-state index contributed by atoms with van der Waals surface area (Å²) in [6.45, 7) is 3.51. The molecular weight excluding hydrogens is 242 g/mol. The number of nitrogens with two attached hydrogens (primary N) is 1. The van der Waals surface area contributed by atoms with Crippen LogP contribution in [0.1, 0.15) is 24.2 Å².